The van der Waals surface area contributed by atoms with Gasteiger partial charge >= 0.3 is 5.97 Å². The molecule has 0 atom stereocenters. The van der Waals surface area contributed by atoms with Crippen LogP contribution in [0.25, 0.3) is 16.6 Å². The highest BCUT2D eigenvalue weighted by Gasteiger charge is 2.19. The molecule has 0 saturated carbocycles. The van der Waals surface area contributed by atoms with Gasteiger partial charge in [-0.05, 0) is 63.2 Å². The summed E-state index contributed by atoms with van der Waals surface area (Å²) < 4.78 is 20.0. The van der Waals surface area contributed by atoms with Crippen molar-refractivity contribution in [1.29, 1.82) is 0 Å². The summed E-state index contributed by atoms with van der Waals surface area (Å²) in [7, 11) is 0. The van der Waals surface area contributed by atoms with Crippen LogP contribution < -0.4 is 11.3 Å². The number of ether oxygens (including phenoxy) is 1. The normalized spacial score (nSPS) is 11.6. The lowest BCUT2D eigenvalue weighted by atomic mass is 10.2. The predicted molar refractivity (Wildman–Crippen MR) is 108 cm³/mol. The molecule has 0 spiro atoms. The number of rotatable bonds is 4. The number of thioether (sulfide) groups is 1. The highest BCUT2D eigenvalue weighted by Crippen LogP contribution is 2.23. The van der Waals surface area contributed by atoms with Crippen LogP contribution in [0.4, 0.5) is 10.1 Å². The summed E-state index contributed by atoms with van der Waals surface area (Å²) in [5.74, 6) is -0.870. The van der Waals surface area contributed by atoms with Gasteiger partial charge in [0.1, 0.15) is 11.4 Å². The van der Waals surface area contributed by atoms with Gasteiger partial charge in [0.25, 0.3) is 5.56 Å². The van der Waals surface area contributed by atoms with E-state index in [0.717, 1.165) is 11.8 Å². The summed E-state index contributed by atoms with van der Waals surface area (Å²) in [5.41, 5.74) is 6.22. The Morgan fingerprint density at radius 1 is 1.21 bits per heavy atom. The summed E-state index contributed by atoms with van der Waals surface area (Å²) >= 11 is 1.07. The molecule has 3 rings (SSSR count). The number of carbonyl (C=O) groups is 1. The lowest BCUT2D eigenvalue weighted by Gasteiger charge is -2.19. The van der Waals surface area contributed by atoms with E-state index < -0.39 is 17.4 Å². The maximum absolute atomic E-state index is 13.3. The summed E-state index contributed by atoms with van der Waals surface area (Å²) in [6.07, 6.45) is 0. The zero-order valence-corrected chi connectivity index (χ0v) is 16.5. The topological polar surface area (TPSA) is 87.2 Å². The summed E-state index contributed by atoms with van der Waals surface area (Å²) in [6.45, 7) is 5.34. The number of fused-ring (bicyclic) bond motifs is 1. The molecular weight excluding hydrogens is 381 g/mol. The van der Waals surface area contributed by atoms with Crippen molar-refractivity contribution in [2.24, 2.45) is 0 Å². The van der Waals surface area contributed by atoms with Gasteiger partial charge in [0, 0.05) is 5.69 Å². The number of nitrogens with zero attached hydrogens (tertiary/aromatic N) is 2. The van der Waals surface area contributed by atoms with E-state index in [1.807, 2.05) is 0 Å². The first-order valence-electron chi connectivity index (χ1n) is 8.57. The largest absolute Gasteiger partial charge is 0.459 e. The fourth-order valence-corrected chi connectivity index (χ4v) is 3.38. The maximum atomic E-state index is 13.3. The number of carbonyl (C=O) groups excluding carboxylic acids is 1. The van der Waals surface area contributed by atoms with Crippen LogP contribution in [0.3, 0.4) is 0 Å². The number of nitrogen functional groups attached to an aromatic ring is 1. The van der Waals surface area contributed by atoms with Crippen LogP contribution in [-0.4, -0.2) is 26.9 Å². The minimum atomic E-state index is -0.612. The van der Waals surface area contributed by atoms with Gasteiger partial charge in [-0.2, -0.15) is 0 Å². The number of hydrogen-bond acceptors (Lipinski definition) is 6. The molecule has 1 heterocycles. The van der Waals surface area contributed by atoms with Crippen molar-refractivity contribution < 1.29 is 13.9 Å². The Morgan fingerprint density at radius 2 is 1.89 bits per heavy atom. The third-order valence-corrected chi connectivity index (χ3v) is 4.60. The second-order valence-electron chi connectivity index (χ2n) is 7.16. The average molecular weight is 401 g/mol. The van der Waals surface area contributed by atoms with E-state index in [1.54, 1.807) is 39.0 Å². The zero-order chi connectivity index (χ0) is 20.5. The number of esters is 1. The van der Waals surface area contributed by atoms with Crippen LogP contribution in [0.1, 0.15) is 20.8 Å². The standard InChI is InChI=1S/C20H20FN3O3S/c1-20(2,3)27-17(25)11-28-19-23-16-10-13(22)6-9-15(16)18(26)24(19)14-7-4-12(21)5-8-14/h4-10H,11,22H2,1-3H3. The van der Waals surface area contributed by atoms with E-state index >= 15 is 0 Å². The van der Waals surface area contributed by atoms with Gasteiger partial charge in [0.15, 0.2) is 5.16 Å². The monoisotopic (exact) mass is 401 g/mol. The molecule has 3 aromatic rings. The van der Waals surface area contributed by atoms with E-state index in [2.05, 4.69) is 4.98 Å². The number of benzene rings is 2. The zero-order valence-electron chi connectivity index (χ0n) is 15.7. The Balaban J connectivity index is 2.08. The minimum Gasteiger partial charge on any atom is -0.459 e. The fraction of sp³-hybridized carbons (Fsp3) is 0.250. The van der Waals surface area contributed by atoms with E-state index in [0.29, 0.717) is 27.4 Å². The molecule has 0 radical (unpaired) electrons. The highest BCUT2D eigenvalue weighted by atomic mass is 32.2. The molecule has 0 aliphatic rings. The fourth-order valence-electron chi connectivity index (χ4n) is 2.59. The van der Waals surface area contributed by atoms with Gasteiger partial charge in [-0.15, -0.1) is 0 Å². The van der Waals surface area contributed by atoms with Gasteiger partial charge in [-0.3, -0.25) is 14.2 Å². The highest BCUT2D eigenvalue weighted by molar-refractivity contribution is 7.99. The average Bonchev–Trinajstić information content (AvgIpc) is 2.59. The number of hydrogen-bond donors (Lipinski definition) is 1. The lowest BCUT2D eigenvalue weighted by Crippen LogP contribution is -2.26. The quantitative estimate of drug-likeness (QED) is 0.311. The second kappa shape index (κ2) is 7.63. The molecule has 0 bridgehead atoms. The van der Waals surface area contributed by atoms with Gasteiger partial charge in [0.05, 0.1) is 22.3 Å². The number of nitrogens with two attached hydrogens (primary N) is 1. The first-order valence-corrected chi connectivity index (χ1v) is 9.55. The molecule has 8 heteroatoms. The Kier molecular flexibility index (Phi) is 5.42. The molecule has 0 saturated heterocycles. The molecule has 146 valence electrons. The van der Waals surface area contributed by atoms with Crippen molar-refractivity contribution in [3.63, 3.8) is 0 Å². The van der Waals surface area contributed by atoms with Crippen molar-refractivity contribution in [3.05, 3.63) is 58.6 Å². The minimum absolute atomic E-state index is 0.0290. The van der Waals surface area contributed by atoms with Crippen LogP contribution in [0.15, 0.2) is 52.4 Å². The molecular formula is C20H20FN3O3S. The first kappa shape index (κ1) is 19.9. The van der Waals surface area contributed by atoms with Crippen LogP contribution in [0, 0.1) is 5.82 Å². The van der Waals surface area contributed by atoms with Gasteiger partial charge in [0.2, 0.25) is 0 Å². The molecule has 1 aromatic heterocycles. The van der Waals surface area contributed by atoms with Crippen LogP contribution in [0.2, 0.25) is 0 Å². The number of halogens is 1. The lowest BCUT2D eigenvalue weighted by molar-refractivity contribution is -0.151. The van der Waals surface area contributed by atoms with E-state index in [9.17, 15) is 14.0 Å². The Labute approximate surface area is 165 Å². The molecule has 0 unspecified atom stereocenters. The molecule has 0 aliphatic carbocycles. The van der Waals surface area contributed by atoms with Crippen molar-refractivity contribution in [2.75, 3.05) is 11.5 Å². The molecule has 0 fully saturated rings. The van der Waals surface area contributed by atoms with Crippen molar-refractivity contribution in [1.82, 2.24) is 9.55 Å². The summed E-state index contributed by atoms with van der Waals surface area (Å²) in [5, 5.41) is 0.667. The van der Waals surface area contributed by atoms with E-state index in [1.165, 1.54) is 28.8 Å². The van der Waals surface area contributed by atoms with Crippen LogP contribution >= 0.6 is 11.8 Å². The molecule has 28 heavy (non-hydrogen) atoms. The van der Waals surface area contributed by atoms with Crippen molar-refractivity contribution in [2.45, 2.75) is 31.5 Å². The number of anilines is 1. The Hall–Kier alpha value is -2.87. The van der Waals surface area contributed by atoms with Gasteiger partial charge in [-0.25, -0.2) is 9.37 Å². The third-order valence-electron chi connectivity index (χ3n) is 3.69. The third kappa shape index (κ3) is 4.51. The predicted octanol–water partition coefficient (Wildman–Crippen LogP) is 3.54. The second-order valence-corrected chi connectivity index (χ2v) is 8.11. The van der Waals surface area contributed by atoms with Crippen LogP contribution in [0.5, 0.6) is 0 Å². The van der Waals surface area contributed by atoms with Gasteiger partial charge in [-0.1, -0.05) is 11.8 Å². The van der Waals surface area contributed by atoms with Crippen molar-refractivity contribution in [3.8, 4) is 5.69 Å². The van der Waals surface area contributed by atoms with Crippen LogP contribution in [-0.2, 0) is 9.53 Å². The Morgan fingerprint density at radius 3 is 2.54 bits per heavy atom. The Bertz CT molecular complexity index is 1090. The molecule has 0 amide bonds. The maximum Gasteiger partial charge on any atom is 0.316 e. The van der Waals surface area contributed by atoms with E-state index in [-0.39, 0.29) is 11.3 Å². The molecule has 0 aliphatic heterocycles. The molecule has 2 aromatic carbocycles. The first-order chi connectivity index (χ1) is 13.1. The van der Waals surface area contributed by atoms with E-state index in [4.69, 9.17) is 10.5 Å². The SMILES string of the molecule is CC(C)(C)OC(=O)CSc1nc2cc(N)ccc2c(=O)n1-c1ccc(F)cc1. The summed E-state index contributed by atoms with van der Waals surface area (Å²) in [6, 6.07) is 10.3. The number of aromatic nitrogens is 2. The van der Waals surface area contributed by atoms with Crippen molar-refractivity contribution >= 4 is 34.3 Å². The summed E-state index contributed by atoms with van der Waals surface area (Å²) in [4.78, 5) is 29.7. The van der Waals surface area contributed by atoms with Gasteiger partial charge < -0.3 is 10.5 Å². The molecule has 6 nitrogen and oxygen atoms in total. The smallest absolute Gasteiger partial charge is 0.316 e. The molecule has 2 N–H and O–H groups in total.